The summed E-state index contributed by atoms with van der Waals surface area (Å²) in [7, 11) is 0.172. The van der Waals surface area contributed by atoms with E-state index in [1.54, 1.807) is 0 Å². The van der Waals surface area contributed by atoms with E-state index in [1.165, 1.54) is 102 Å². The largest absolute Gasteiger partial charge is 0.412 e. The minimum absolute atomic E-state index is 0. The highest BCUT2D eigenvalue weighted by atomic mass is 31.1. The Kier molecular flexibility index (Phi) is 18.7. The molecule has 0 heterocycles. The Morgan fingerprint density at radius 2 is 1.11 bits per heavy atom. The van der Waals surface area contributed by atoms with Crippen LogP contribution in [-0.2, 0) is 6.42 Å². The molecular weight excluding hydrogens is 347 g/mol. The second-order valence-corrected chi connectivity index (χ2v) is 11.0. The minimum Gasteiger partial charge on any atom is -0.412 e. The summed E-state index contributed by atoms with van der Waals surface area (Å²) in [6.45, 7) is 7.23. The monoisotopic (exact) mass is 394 g/mol. The number of hydrogen-bond acceptors (Lipinski definition) is 0. The molecule has 0 aliphatic heterocycles. The minimum atomic E-state index is 0. The Labute approximate surface area is 171 Å². The molecule has 0 radical (unpaired) electrons. The van der Waals surface area contributed by atoms with Gasteiger partial charge in [0.05, 0.1) is 0 Å². The van der Waals surface area contributed by atoms with E-state index in [9.17, 15) is 0 Å². The Morgan fingerprint density at radius 1 is 0.667 bits per heavy atom. The second-order valence-electron chi connectivity index (χ2n) is 8.34. The molecule has 0 aromatic heterocycles. The van der Waals surface area contributed by atoms with E-state index in [0.29, 0.717) is 0 Å². The van der Waals surface area contributed by atoms with Crippen LogP contribution in [0.1, 0.15) is 102 Å². The van der Waals surface area contributed by atoms with Crippen LogP contribution in [-0.4, -0.2) is 24.5 Å². The van der Waals surface area contributed by atoms with Gasteiger partial charge in [0.25, 0.3) is 0 Å². The highest BCUT2D eigenvalue weighted by Gasteiger charge is 2.13. The van der Waals surface area contributed by atoms with E-state index in [0.717, 1.165) is 5.66 Å². The number of rotatable bonds is 17. The van der Waals surface area contributed by atoms with Crippen LogP contribution in [0.15, 0.2) is 30.3 Å². The molecule has 1 atom stereocenters. The van der Waals surface area contributed by atoms with Crippen molar-refractivity contribution in [3.05, 3.63) is 35.9 Å². The van der Waals surface area contributed by atoms with Crippen molar-refractivity contribution in [1.29, 1.82) is 0 Å². The van der Waals surface area contributed by atoms with Gasteiger partial charge in [-0.25, -0.2) is 0 Å². The van der Waals surface area contributed by atoms with Gasteiger partial charge in [0.15, 0.2) is 0 Å². The molecule has 0 bridgehead atoms. The normalized spacial score (nSPS) is 12.1. The molecule has 0 spiro atoms. The SMILES string of the molecule is CCCCCCCCCCCCCCCC(Cc1ccccc1)P(C)C.O. The first-order valence-corrected chi connectivity index (χ1v) is 13.7. The standard InChI is InChI=1S/C25H45P.H2O/c1-4-5-6-7-8-9-10-11-12-13-14-15-19-22-25(26(2)3)23-24-20-17-16-18-21-24;/h16-18,20-21,25H,4-15,19,22-23H2,1-3H3;1H2. The molecule has 1 rings (SSSR count). The Balaban J connectivity index is 0.00000676. The lowest BCUT2D eigenvalue weighted by Crippen LogP contribution is -2.09. The fourth-order valence-electron chi connectivity index (χ4n) is 3.83. The van der Waals surface area contributed by atoms with Crippen LogP contribution in [0.3, 0.4) is 0 Å². The first kappa shape index (κ1) is 26.6. The maximum atomic E-state index is 2.46. The second kappa shape index (κ2) is 18.9. The van der Waals surface area contributed by atoms with E-state index in [2.05, 4.69) is 50.6 Å². The topological polar surface area (TPSA) is 31.5 Å². The van der Waals surface area contributed by atoms with Crippen LogP contribution in [0.5, 0.6) is 0 Å². The molecule has 0 amide bonds. The fourth-order valence-corrected chi connectivity index (χ4v) is 5.10. The zero-order chi connectivity index (χ0) is 18.9. The number of hydrogen-bond donors (Lipinski definition) is 0. The quantitative estimate of drug-likeness (QED) is 0.189. The zero-order valence-corrected chi connectivity index (χ0v) is 19.4. The highest BCUT2D eigenvalue weighted by molar-refractivity contribution is 7.56. The van der Waals surface area contributed by atoms with Crippen LogP contribution in [0, 0.1) is 0 Å². The molecule has 158 valence electrons. The van der Waals surface area contributed by atoms with Crippen LogP contribution < -0.4 is 0 Å². The summed E-state index contributed by atoms with van der Waals surface area (Å²) in [6, 6.07) is 11.1. The molecule has 1 aromatic rings. The third-order valence-corrected chi connectivity index (χ3v) is 7.59. The van der Waals surface area contributed by atoms with Crippen molar-refractivity contribution in [2.24, 2.45) is 0 Å². The third-order valence-electron chi connectivity index (χ3n) is 5.69. The van der Waals surface area contributed by atoms with Crippen LogP contribution >= 0.6 is 7.92 Å². The maximum Gasteiger partial charge on any atom is -0.0174 e. The van der Waals surface area contributed by atoms with Crippen LogP contribution in [0.2, 0.25) is 0 Å². The summed E-state index contributed by atoms with van der Waals surface area (Å²) in [5, 5.41) is 0. The molecule has 2 heteroatoms. The summed E-state index contributed by atoms with van der Waals surface area (Å²) in [6.07, 6.45) is 21.6. The van der Waals surface area contributed by atoms with Gasteiger partial charge in [-0.1, -0.05) is 121 Å². The Morgan fingerprint density at radius 3 is 1.56 bits per heavy atom. The van der Waals surface area contributed by atoms with Crippen molar-refractivity contribution in [3.63, 3.8) is 0 Å². The molecule has 1 unspecified atom stereocenters. The molecule has 0 aliphatic rings. The van der Waals surface area contributed by atoms with E-state index < -0.39 is 0 Å². The van der Waals surface area contributed by atoms with Crippen LogP contribution in [0.25, 0.3) is 0 Å². The molecule has 2 N–H and O–H groups in total. The van der Waals surface area contributed by atoms with Crippen molar-refractivity contribution >= 4 is 7.92 Å². The van der Waals surface area contributed by atoms with Gasteiger partial charge >= 0.3 is 0 Å². The van der Waals surface area contributed by atoms with E-state index >= 15 is 0 Å². The van der Waals surface area contributed by atoms with Gasteiger partial charge in [-0.2, -0.15) is 0 Å². The lowest BCUT2D eigenvalue weighted by atomic mass is 10.0. The van der Waals surface area contributed by atoms with E-state index in [1.807, 2.05) is 0 Å². The Hall–Kier alpha value is -0.390. The lowest BCUT2D eigenvalue weighted by molar-refractivity contribution is 0.533. The van der Waals surface area contributed by atoms with Crippen molar-refractivity contribution in [2.75, 3.05) is 13.3 Å². The molecular formula is C25H47OP. The molecule has 27 heavy (non-hydrogen) atoms. The van der Waals surface area contributed by atoms with Crippen LogP contribution in [0.4, 0.5) is 0 Å². The van der Waals surface area contributed by atoms with Gasteiger partial charge in [-0.3, -0.25) is 0 Å². The average Bonchev–Trinajstić information content (AvgIpc) is 2.65. The molecule has 0 aliphatic carbocycles. The summed E-state index contributed by atoms with van der Waals surface area (Å²) in [4.78, 5) is 0. The molecule has 0 saturated heterocycles. The zero-order valence-electron chi connectivity index (χ0n) is 18.5. The molecule has 1 aromatic carbocycles. The first-order chi connectivity index (χ1) is 12.7. The summed E-state index contributed by atoms with van der Waals surface area (Å²) in [5.74, 6) is 0. The average molecular weight is 395 g/mol. The third kappa shape index (κ3) is 15.2. The molecule has 0 fully saturated rings. The van der Waals surface area contributed by atoms with Gasteiger partial charge in [0.1, 0.15) is 0 Å². The van der Waals surface area contributed by atoms with E-state index in [4.69, 9.17) is 0 Å². The van der Waals surface area contributed by atoms with Crippen molar-refractivity contribution in [2.45, 2.75) is 109 Å². The smallest absolute Gasteiger partial charge is 0.0174 e. The van der Waals surface area contributed by atoms with Gasteiger partial charge in [0, 0.05) is 0 Å². The molecule has 1 nitrogen and oxygen atoms in total. The van der Waals surface area contributed by atoms with Gasteiger partial charge in [-0.05, 0) is 37.4 Å². The summed E-state index contributed by atoms with van der Waals surface area (Å²) in [5.41, 5.74) is 2.45. The Bertz CT molecular complexity index is 404. The number of benzene rings is 1. The van der Waals surface area contributed by atoms with Gasteiger partial charge in [-0.15, -0.1) is 7.92 Å². The lowest BCUT2D eigenvalue weighted by Gasteiger charge is -2.21. The van der Waals surface area contributed by atoms with Crippen molar-refractivity contribution in [1.82, 2.24) is 0 Å². The van der Waals surface area contributed by atoms with Crippen molar-refractivity contribution < 1.29 is 5.48 Å². The van der Waals surface area contributed by atoms with Crippen molar-refractivity contribution in [3.8, 4) is 0 Å². The predicted molar refractivity (Wildman–Crippen MR) is 127 cm³/mol. The van der Waals surface area contributed by atoms with E-state index in [-0.39, 0.29) is 13.4 Å². The first-order valence-electron chi connectivity index (χ1n) is 11.4. The fraction of sp³-hybridized carbons (Fsp3) is 0.760. The van der Waals surface area contributed by atoms with Gasteiger partial charge < -0.3 is 5.48 Å². The highest BCUT2D eigenvalue weighted by Crippen LogP contribution is 2.37. The maximum absolute atomic E-state index is 2.46. The molecule has 0 saturated carbocycles. The summed E-state index contributed by atoms with van der Waals surface area (Å²) < 4.78 is 0. The van der Waals surface area contributed by atoms with Gasteiger partial charge in [0.2, 0.25) is 0 Å². The number of unbranched alkanes of at least 4 members (excludes halogenated alkanes) is 12. The predicted octanol–water partition coefficient (Wildman–Crippen LogP) is 8.00. The summed E-state index contributed by atoms with van der Waals surface area (Å²) >= 11 is 0.